The Morgan fingerprint density at radius 2 is 2.08 bits per heavy atom. The molecule has 1 saturated heterocycles. The highest BCUT2D eigenvalue weighted by atomic mass is 32.2. The summed E-state index contributed by atoms with van der Waals surface area (Å²) in [6, 6.07) is 0. The van der Waals surface area contributed by atoms with E-state index in [-0.39, 0.29) is 17.6 Å². The molecule has 2 aliphatic heterocycles. The minimum absolute atomic E-state index is 0.0644. The summed E-state index contributed by atoms with van der Waals surface area (Å²) in [7, 11) is -1.42. The lowest BCUT2D eigenvalue weighted by molar-refractivity contribution is -0.127. The highest BCUT2D eigenvalue weighted by Gasteiger charge is 2.32. The third-order valence-electron chi connectivity index (χ3n) is 5.04. The van der Waals surface area contributed by atoms with Crippen LogP contribution in [-0.4, -0.2) is 65.9 Å². The van der Waals surface area contributed by atoms with Crippen molar-refractivity contribution >= 4 is 21.7 Å². The zero-order valence-corrected chi connectivity index (χ0v) is 15.8. The number of hydrogen-bond acceptors (Lipinski definition) is 6. The zero-order valence-electron chi connectivity index (χ0n) is 14.9. The molecule has 0 radical (unpaired) electrons. The van der Waals surface area contributed by atoms with Gasteiger partial charge in [-0.2, -0.15) is 4.31 Å². The summed E-state index contributed by atoms with van der Waals surface area (Å²) in [5.74, 6) is 1.72. The van der Waals surface area contributed by atoms with E-state index >= 15 is 0 Å². The monoisotopic (exact) mass is 367 g/mol. The van der Waals surface area contributed by atoms with Gasteiger partial charge in [0.2, 0.25) is 15.9 Å². The number of fused-ring (bicyclic) bond motifs is 1. The van der Waals surface area contributed by atoms with E-state index in [1.807, 2.05) is 7.05 Å². The van der Waals surface area contributed by atoms with E-state index in [9.17, 15) is 13.2 Å². The van der Waals surface area contributed by atoms with Crippen molar-refractivity contribution in [3.05, 3.63) is 17.1 Å². The molecule has 25 heavy (non-hydrogen) atoms. The van der Waals surface area contributed by atoms with Gasteiger partial charge in [-0.05, 0) is 19.8 Å². The summed E-state index contributed by atoms with van der Waals surface area (Å²) in [5.41, 5.74) is 1.77. The van der Waals surface area contributed by atoms with Crippen LogP contribution in [0.15, 0.2) is 0 Å². The second-order valence-electron chi connectivity index (χ2n) is 6.54. The largest absolute Gasteiger partial charge is 0.373 e. The number of hydrogen-bond donors (Lipinski definition) is 1. The van der Waals surface area contributed by atoms with Gasteiger partial charge in [0, 0.05) is 45.1 Å². The fraction of sp³-hybridized carbons (Fsp3) is 0.688. The zero-order chi connectivity index (χ0) is 18.2. The maximum atomic E-state index is 12.2. The van der Waals surface area contributed by atoms with Gasteiger partial charge in [-0.15, -0.1) is 0 Å². The summed E-state index contributed by atoms with van der Waals surface area (Å²) in [6.45, 7) is 5.31. The van der Waals surface area contributed by atoms with Crippen LogP contribution in [0, 0.1) is 0 Å². The Morgan fingerprint density at radius 1 is 1.32 bits per heavy atom. The van der Waals surface area contributed by atoms with E-state index in [1.54, 1.807) is 18.7 Å². The molecular weight excluding hydrogens is 342 g/mol. The highest BCUT2D eigenvalue weighted by molar-refractivity contribution is 7.89. The molecule has 0 spiro atoms. The highest BCUT2D eigenvalue weighted by Crippen LogP contribution is 2.30. The van der Waals surface area contributed by atoms with Crippen LogP contribution in [0.3, 0.4) is 0 Å². The number of anilines is 1. The number of rotatable bonds is 4. The molecule has 1 atom stereocenters. The molecule has 2 aliphatic rings. The van der Waals surface area contributed by atoms with E-state index in [0.29, 0.717) is 38.4 Å². The first kappa shape index (κ1) is 18.1. The van der Waals surface area contributed by atoms with Gasteiger partial charge < -0.3 is 10.2 Å². The summed E-state index contributed by atoms with van der Waals surface area (Å²) in [4.78, 5) is 22.7. The standard InChI is InChI=1S/C16H25N5O3S/c1-4-25(23,24)21-8-6-13-14(10-21)18-15(19-16(13)17-3)12-5-7-20(9-12)11(2)22/h12H,4-10H2,1-3H3,(H,17,18,19)/t12-/m0/s1. The van der Waals surface area contributed by atoms with Crippen molar-refractivity contribution in [2.75, 3.05) is 37.8 Å². The maximum Gasteiger partial charge on any atom is 0.219 e. The lowest BCUT2D eigenvalue weighted by atomic mass is 10.0. The molecule has 0 unspecified atom stereocenters. The van der Waals surface area contributed by atoms with Gasteiger partial charge >= 0.3 is 0 Å². The van der Waals surface area contributed by atoms with Gasteiger partial charge in [-0.1, -0.05) is 0 Å². The lowest BCUT2D eigenvalue weighted by Gasteiger charge is -2.28. The van der Waals surface area contributed by atoms with Crippen LogP contribution in [0.4, 0.5) is 5.82 Å². The fourth-order valence-corrected chi connectivity index (χ4v) is 4.55. The van der Waals surface area contributed by atoms with Crippen LogP contribution in [0.2, 0.25) is 0 Å². The predicted molar refractivity (Wildman–Crippen MR) is 94.8 cm³/mol. The molecule has 1 aromatic heterocycles. The van der Waals surface area contributed by atoms with Crippen molar-refractivity contribution in [2.24, 2.45) is 0 Å². The Morgan fingerprint density at radius 3 is 2.68 bits per heavy atom. The molecule has 1 amide bonds. The van der Waals surface area contributed by atoms with E-state index in [0.717, 1.165) is 23.5 Å². The van der Waals surface area contributed by atoms with E-state index in [1.165, 1.54) is 4.31 Å². The van der Waals surface area contributed by atoms with Crippen LogP contribution in [0.25, 0.3) is 0 Å². The van der Waals surface area contributed by atoms with Crippen molar-refractivity contribution in [2.45, 2.75) is 39.2 Å². The van der Waals surface area contributed by atoms with Crippen molar-refractivity contribution in [3.8, 4) is 0 Å². The van der Waals surface area contributed by atoms with Crippen LogP contribution >= 0.6 is 0 Å². The van der Waals surface area contributed by atoms with Gasteiger partial charge in [0.15, 0.2) is 0 Å². The Balaban J connectivity index is 1.91. The van der Waals surface area contributed by atoms with E-state index in [4.69, 9.17) is 4.98 Å². The van der Waals surface area contributed by atoms with Gasteiger partial charge in [-0.25, -0.2) is 18.4 Å². The number of aromatic nitrogens is 2. The minimum atomic E-state index is -3.24. The normalized spacial score (nSPS) is 21.2. The lowest BCUT2D eigenvalue weighted by Crippen LogP contribution is -2.38. The second kappa shape index (κ2) is 6.87. The smallest absolute Gasteiger partial charge is 0.219 e. The average Bonchev–Trinajstić information content (AvgIpc) is 3.10. The maximum absolute atomic E-state index is 12.2. The Kier molecular flexibility index (Phi) is 4.97. The number of carbonyl (C=O) groups excluding carboxylic acids is 1. The SMILES string of the molecule is CCS(=O)(=O)N1CCc2c(nc([C@H]3CCN(C(C)=O)C3)nc2NC)C1. The van der Waals surface area contributed by atoms with Crippen molar-refractivity contribution in [1.29, 1.82) is 0 Å². The quantitative estimate of drug-likeness (QED) is 0.836. The molecule has 1 N–H and O–H groups in total. The number of likely N-dealkylation sites (tertiary alicyclic amines) is 1. The van der Waals surface area contributed by atoms with Gasteiger partial charge in [0.05, 0.1) is 18.0 Å². The molecule has 3 rings (SSSR count). The molecular formula is C16H25N5O3S. The molecule has 9 heteroatoms. The first-order chi connectivity index (χ1) is 11.9. The Labute approximate surface area is 148 Å². The van der Waals surface area contributed by atoms with Crippen LogP contribution < -0.4 is 5.32 Å². The molecule has 0 saturated carbocycles. The Bertz CT molecular complexity index is 780. The predicted octanol–water partition coefficient (Wildman–Crippen LogP) is 0.562. The molecule has 0 bridgehead atoms. The minimum Gasteiger partial charge on any atom is -0.373 e. The van der Waals surface area contributed by atoms with Crippen LogP contribution in [0.1, 0.15) is 43.3 Å². The molecule has 1 fully saturated rings. The number of nitrogens with zero attached hydrogens (tertiary/aromatic N) is 4. The molecule has 8 nitrogen and oxygen atoms in total. The topological polar surface area (TPSA) is 95.5 Å². The van der Waals surface area contributed by atoms with E-state index in [2.05, 4.69) is 10.3 Å². The van der Waals surface area contributed by atoms with Gasteiger partial charge in [0.1, 0.15) is 11.6 Å². The summed E-state index contributed by atoms with van der Waals surface area (Å²) in [5, 5.41) is 3.12. The third kappa shape index (κ3) is 3.48. The van der Waals surface area contributed by atoms with E-state index < -0.39 is 10.0 Å². The average molecular weight is 367 g/mol. The summed E-state index contributed by atoms with van der Waals surface area (Å²) >= 11 is 0. The third-order valence-corrected chi connectivity index (χ3v) is 6.87. The molecule has 138 valence electrons. The van der Waals surface area contributed by atoms with Gasteiger partial charge in [-0.3, -0.25) is 4.79 Å². The van der Waals surface area contributed by atoms with Crippen LogP contribution in [-0.2, 0) is 27.8 Å². The number of carbonyl (C=O) groups is 1. The summed E-state index contributed by atoms with van der Waals surface area (Å²) in [6.07, 6.45) is 1.44. The first-order valence-corrected chi connectivity index (χ1v) is 10.3. The molecule has 0 aromatic carbocycles. The number of sulfonamides is 1. The number of amides is 1. The first-order valence-electron chi connectivity index (χ1n) is 8.66. The number of nitrogens with one attached hydrogen (secondary N) is 1. The Hall–Kier alpha value is -1.74. The molecule has 1 aromatic rings. The summed E-state index contributed by atoms with van der Waals surface area (Å²) < 4.78 is 25.9. The van der Waals surface area contributed by atoms with Crippen LogP contribution in [0.5, 0.6) is 0 Å². The fourth-order valence-electron chi connectivity index (χ4n) is 3.49. The van der Waals surface area contributed by atoms with Crippen molar-refractivity contribution < 1.29 is 13.2 Å². The molecule has 3 heterocycles. The molecule has 0 aliphatic carbocycles. The van der Waals surface area contributed by atoms with Gasteiger partial charge in [0.25, 0.3) is 0 Å². The van der Waals surface area contributed by atoms with Crippen molar-refractivity contribution in [3.63, 3.8) is 0 Å². The van der Waals surface area contributed by atoms with Crippen molar-refractivity contribution in [1.82, 2.24) is 19.2 Å². The second-order valence-corrected chi connectivity index (χ2v) is 8.80.